The fourth-order valence-electron chi connectivity index (χ4n) is 2.60. The fourth-order valence-corrected chi connectivity index (χ4v) is 3.31. The summed E-state index contributed by atoms with van der Waals surface area (Å²) in [5, 5.41) is 5.61. The molecule has 0 aliphatic rings. The van der Waals surface area contributed by atoms with E-state index in [9.17, 15) is 14.4 Å². The highest BCUT2D eigenvalue weighted by Gasteiger charge is 2.28. The Morgan fingerprint density at radius 3 is 2.47 bits per heavy atom. The molecule has 2 N–H and O–H groups in total. The summed E-state index contributed by atoms with van der Waals surface area (Å²) < 4.78 is 16.5. The average Bonchev–Trinajstić information content (AvgIpc) is 2.72. The van der Waals surface area contributed by atoms with E-state index in [0.29, 0.717) is 52.0 Å². The maximum atomic E-state index is 12.6. The summed E-state index contributed by atoms with van der Waals surface area (Å²) in [6.45, 7) is 13.6. The van der Waals surface area contributed by atoms with Crippen LogP contribution in [0.3, 0.4) is 0 Å². The molecule has 0 saturated carbocycles. The molecule has 32 heavy (non-hydrogen) atoms. The number of rotatable bonds is 20. The van der Waals surface area contributed by atoms with Crippen LogP contribution in [0.5, 0.6) is 0 Å². The first-order valence-electron chi connectivity index (χ1n) is 11.6. The molecule has 0 radical (unpaired) electrons. The van der Waals surface area contributed by atoms with E-state index in [4.69, 9.17) is 13.7 Å². The number of amides is 2. The van der Waals surface area contributed by atoms with Crippen LogP contribution >= 0.6 is 12.0 Å². The predicted molar refractivity (Wildman–Crippen MR) is 128 cm³/mol. The largest absolute Gasteiger partial charge is 0.391 e. The number of carbonyl (C=O) groups excluding carboxylic acids is 3. The van der Waals surface area contributed by atoms with Crippen molar-refractivity contribution in [3.63, 3.8) is 0 Å². The SMILES string of the molecule is CCCCSOC(=O)CC[C@@H](C)NC(=O)C(C)(C)CCOCCOC(C)(C)CCNC=O. The molecule has 0 aliphatic heterocycles. The number of hydrogen-bond acceptors (Lipinski definition) is 7. The summed E-state index contributed by atoms with van der Waals surface area (Å²) in [6.07, 6.45) is 4.89. The average molecular weight is 477 g/mol. The van der Waals surface area contributed by atoms with Crippen LogP contribution in [0, 0.1) is 5.41 Å². The third kappa shape index (κ3) is 16.3. The number of ether oxygens (including phenoxy) is 2. The van der Waals surface area contributed by atoms with E-state index in [1.54, 1.807) is 0 Å². The Kier molecular flexibility index (Phi) is 16.5. The standard InChI is InChI=1S/C23H44N2O6S/c1-7-8-17-32-31-20(27)10-9-19(2)25-21(28)22(3,4)12-14-29-15-16-30-23(5,6)11-13-24-18-26/h18-19H,7-17H2,1-6H3,(H,24,26)(H,25,28)/t19-/m1/s1. The Bertz CT molecular complexity index is 543. The zero-order valence-corrected chi connectivity index (χ0v) is 21.6. The Morgan fingerprint density at radius 1 is 1.09 bits per heavy atom. The third-order valence-electron chi connectivity index (χ3n) is 5.05. The highest BCUT2D eigenvalue weighted by molar-refractivity contribution is 7.95. The second-order valence-electron chi connectivity index (χ2n) is 9.22. The molecule has 0 fully saturated rings. The van der Waals surface area contributed by atoms with Gasteiger partial charge in [0.15, 0.2) is 0 Å². The zero-order valence-electron chi connectivity index (χ0n) is 20.8. The fraction of sp³-hybridized carbons (Fsp3) is 0.870. The van der Waals surface area contributed by atoms with Gasteiger partial charge in [-0.05, 0) is 46.5 Å². The predicted octanol–water partition coefficient (Wildman–Crippen LogP) is 3.63. The molecule has 9 heteroatoms. The van der Waals surface area contributed by atoms with Crippen LogP contribution in [-0.4, -0.2) is 62.0 Å². The summed E-state index contributed by atoms with van der Waals surface area (Å²) in [6, 6.07) is -0.111. The van der Waals surface area contributed by atoms with E-state index >= 15 is 0 Å². The second-order valence-corrected chi connectivity index (χ2v) is 10.0. The van der Waals surface area contributed by atoms with Crippen molar-refractivity contribution >= 4 is 30.3 Å². The van der Waals surface area contributed by atoms with Gasteiger partial charge >= 0.3 is 5.97 Å². The molecule has 0 heterocycles. The molecule has 188 valence electrons. The van der Waals surface area contributed by atoms with Crippen LogP contribution in [0.15, 0.2) is 0 Å². The summed E-state index contributed by atoms with van der Waals surface area (Å²) in [5.74, 6) is 0.512. The van der Waals surface area contributed by atoms with Crippen molar-refractivity contribution in [3.05, 3.63) is 0 Å². The molecule has 1 atom stereocenters. The molecule has 0 bridgehead atoms. The van der Waals surface area contributed by atoms with Gasteiger partial charge in [0.2, 0.25) is 12.3 Å². The lowest BCUT2D eigenvalue weighted by Gasteiger charge is -2.27. The monoisotopic (exact) mass is 476 g/mol. The van der Waals surface area contributed by atoms with Crippen LogP contribution in [-0.2, 0) is 28.0 Å². The van der Waals surface area contributed by atoms with Gasteiger partial charge in [0.1, 0.15) is 0 Å². The van der Waals surface area contributed by atoms with Gasteiger partial charge in [-0.25, -0.2) is 0 Å². The van der Waals surface area contributed by atoms with E-state index in [2.05, 4.69) is 17.6 Å². The minimum atomic E-state index is -0.578. The maximum Gasteiger partial charge on any atom is 0.317 e. The van der Waals surface area contributed by atoms with Crippen LogP contribution < -0.4 is 10.6 Å². The van der Waals surface area contributed by atoms with Crippen LogP contribution in [0.1, 0.15) is 80.1 Å². The van der Waals surface area contributed by atoms with E-state index < -0.39 is 5.41 Å². The van der Waals surface area contributed by atoms with Crippen molar-refractivity contribution in [2.45, 2.75) is 91.7 Å². The number of unbranched alkanes of at least 4 members (excludes halogenated alkanes) is 1. The van der Waals surface area contributed by atoms with E-state index in [1.165, 1.54) is 12.0 Å². The van der Waals surface area contributed by atoms with Crippen molar-refractivity contribution in [2.75, 3.05) is 32.1 Å². The van der Waals surface area contributed by atoms with Crippen LogP contribution in [0.2, 0.25) is 0 Å². The molecule has 8 nitrogen and oxygen atoms in total. The summed E-state index contributed by atoms with van der Waals surface area (Å²) in [7, 11) is 0. The van der Waals surface area contributed by atoms with Crippen molar-refractivity contribution in [1.29, 1.82) is 0 Å². The first-order chi connectivity index (χ1) is 15.0. The molecule has 0 unspecified atom stereocenters. The van der Waals surface area contributed by atoms with Crippen molar-refractivity contribution in [3.8, 4) is 0 Å². The van der Waals surface area contributed by atoms with E-state index in [0.717, 1.165) is 18.6 Å². The summed E-state index contributed by atoms with van der Waals surface area (Å²) in [4.78, 5) is 34.7. The van der Waals surface area contributed by atoms with Gasteiger partial charge in [-0.15, -0.1) is 0 Å². The second kappa shape index (κ2) is 17.2. The van der Waals surface area contributed by atoms with E-state index in [-0.39, 0.29) is 29.9 Å². The topological polar surface area (TPSA) is 103 Å². The van der Waals surface area contributed by atoms with Crippen LogP contribution in [0.4, 0.5) is 0 Å². The molecule has 2 amide bonds. The van der Waals surface area contributed by atoms with Crippen LogP contribution in [0.25, 0.3) is 0 Å². The lowest BCUT2D eigenvalue weighted by Crippen LogP contribution is -2.42. The summed E-state index contributed by atoms with van der Waals surface area (Å²) in [5.41, 5.74) is -0.916. The van der Waals surface area contributed by atoms with E-state index in [1.807, 2.05) is 34.6 Å². The molecule has 0 spiro atoms. The van der Waals surface area contributed by atoms with Gasteiger partial charge in [0.05, 0.1) is 30.9 Å². The molecule has 0 aromatic heterocycles. The van der Waals surface area contributed by atoms with Gasteiger partial charge in [-0.1, -0.05) is 27.2 Å². The molecular formula is C23H44N2O6S. The minimum absolute atomic E-state index is 0.0562. The van der Waals surface area contributed by atoms with Gasteiger partial charge in [-0.3, -0.25) is 14.4 Å². The number of hydrogen-bond donors (Lipinski definition) is 2. The maximum absolute atomic E-state index is 12.6. The Morgan fingerprint density at radius 2 is 1.81 bits per heavy atom. The zero-order chi connectivity index (χ0) is 24.5. The highest BCUT2D eigenvalue weighted by Crippen LogP contribution is 2.21. The lowest BCUT2D eigenvalue weighted by atomic mass is 9.88. The molecular weight excluding hydrogens is 432 g/mol. The third-order valence-corrected chi connectivity index (χ3v) is 5.81. The van der Waals surface area contributed by atoms with Gasteiger partial charge < -0.3 is 24.3 Å². The molecule has 0 aliphatic carbocycles. The molecule has 0 aromatic rings. The van der Waals surface area contributed by atoms with Crippen molar-refractivity contribution in [2.24, 2.45) is 5.41 Å². The van der Waals surface area contributed by atoms with Gasteiger partial charge in [0, 0.05) is 36.8 Å². The summed E-state index contributed by atoms with van der Waals surface area (Å²) >= 11 is 1.20. The minimum Gasteiger partial charge on any atom is -0.391 e. The Hall–Kier alpha value is -1.32. The molecule has 0 aromatic carbocycles. The molecule has 0 saturated heterocycles. The van der Waals surface area contributed by atoms with Crippen molar-refractivity contribution < 1.29 is 28.0 Å². The van der Waals surface area contributed by atoms with Crippen molar-refractivity contribution in [1.82, 2.24) is 10.6 Å². The lowest BCUT2D eigenvalue weighted by molar-refractivity contribution is -0.134. The first kappa shape index (κ1) is 30.7. The first-order valence-corrected chi connectivity index (χ1v) is 12.5. The Balaban J connectivity index is 4.01. The Labute approximate surface area is 198 Å². The quantitative estimate of drug-likeness (QED) is 0.157. The molecule has 0 rings (SSSR count). The highest BCUT2D eigenvalue weighted by atomic mass is 32.2. The smallest absolute Gasteiger partial charge is 0.317 e. The number of carbonyl (C=O) groups is 3. The van der Waals surface area contributed by atoms with Gasteiger partial charge in [-0.2, -0.15) is 0 Å². The van der Waals surface area contributed by atoms with Gasteiger partial charge in [0.25, 0.3) is 0 Å². The number of nitrogens with one attached hydrogen (secondary N) is 2. The normalized spacial score (nSPS) is 12.8.